The summed E-state index contributed by atoms with van der Waals surface area (Å²) in [5, 5.41) is 1.81. The maximum Gasteiger partial charge on any atom is 0.471 e. The fourth-order valence-corrected chi connectivity index (χ4v) is 2.36. The number of benzene rings is 1. The highest BCUT2D eigenvalue weighted by molar-refractivity contribution is 5.98. The van der Waals surface area contributed by atoms with Gasteiger partial charge in [-0.2, -0.15) is 13.2 Å². The first-order valence-corrected chi connectivity index (χ1v) is 6.81. The van der Waals surface area contributed by atoms with Crippen molar-refractivity contribution < 1.29 is 22.4 Å². The van der Waals surface area contributed by atoms with Gasteiger partial charge in [-0.05, 0) is 19.1 Å². The molecule has 0 radical (unpaired) electrons. The molecule has 0 spiro atoms. The van der Waals surface area contributed by atoms with Crippen molar-refractivity contribution >= 4 is 22.6 Å². The molecule has 0 unspecified atom stereocenters. The SMILES string of the molecule is CCn1c(-c2cocc2NC(=O)C(F)(F)F)nc2ccccc21. The van der Waals surface area contributed by atoms with E-state index in [4.69, 9.17) is 4.42 Å². The molecule has 1 amide bonds. The second kappa shape index (κ2) is 5.45. The minimum Gasteiger partial charge on any atom is -0.470 e. The van der Waals surface area contributed by atoms with Crippen LogP contribution in [0.5, 0.6) is 0 Å². The van der Waals surface area contributed by atoms with Crippen LogP contribution in [0, 0.1) is 0 Å². The number of amides is 1. The number of aryl methyl sites for hydroxylation is 1. The molecule has 3 aromatic rings. The van der Waals surface area contributed by atoms with Gasteiger partial charge in [0, 0.05) is 6.54 Å². The second-order valence-electron chi connectivity index (χ2n) is 4.82. The summed E-state index contributed by atoms with van der Waals surface area (Å²) < 4.78 is 44.1. The van der Waals surface area contributed by atoms with Gasteiger partial charge in [-0.1, -0.05) is 12.1 Å². The molecule has 0 saturated carbocycles. The van der Waals surface area contributed by atoms with Crippen molar-refractivity contribution in [2.75, 3.05) is 5.32 Å². The number of furan rings is 1. The van der Waals surface area contributed by atoms with Crippen LogP contribution in [0.3, 0.4) is 0 Å². The number of anilines is 1. The molecule has 0 fully saturated rings. The average molecular weight is 323 g/mol. The first-order valence-electron chi connectivity index (χ1n) is 6.81. The van der Waals surface area contributed by atoms with E-state index < -0.39 is 12.1 Å². The van der Waals surface area contributed by atoms with E-state index in [-0.39, 0.29) is 5.69 Å². The van der Waals surface area contributed by atoms with E-state index in [9.17, 15) is 18.0 Å². The number of hydrogen-bond donors (Lipinski definition) is 1. The Labute approximate surface area is 128 Å². The van der Waals surface area contributed by atoms with Crippen molar-refractivity contribution in [2.24, 2.45) is 0 Å². The molecular formula is C15H12F3N3O2. The zero-order chi connectivity index (χ0) is 16.6. The molecule has 8 heteroatoms. The summed E-state index contributed by atoms with van der Waals surface area (Å²) in [4.78, 5) is 15.6. The van der Waals surface area contributed by atoms with Gasteiger partial charge < -0.3 is 14.3 Å². The standard InChI is InChI=1S/C15H12F3N3O2/c1-2-21-12-6-4-3-5-10(12)19-13(21)9-7-23-8-11(9)20-14(22)15(16,17)18/h3-8H,2H2,1H3,(H,20,22). The van der Waals surface area contributed by atoms with Crippen LogP contribution >= 0.6 is 0 Å². The monoisotopic (exact) mass is 323 g/mol. The van der Waals surface area contributed by atoms with Gasteiger partial charge in [-0.3, -0.25) is 4.79 Å². The van der Waals surface area contributed by atoms with Gasteiger partial charge in [-0.15, -0.1) is 0 Å². The third-order valence-corrected chi connectivity index (χ3v) is 3.38. The summed E-state index contributed by atoms with van der Waals surface area (Å²) in [5.74, 6) is -1.63. The van der Waals surface area contributed by atoms with Gasteiger partial charge in [0.2, 0.25) is 0 Å². The van der Waals surface area contributed by atoms with Crippen LogP contribution in [-0.2, 0) is 11.3 Å². The zero-order valence-electron chi connectivity index (χ0n) is 12.0. The van der Waals surface area contributed by atoms with Gasteiger partial charge >= 0.3 is 12.1 Å². The summed E-state index contributed by atoms with van der Waals surface area (Å²) in [6, 6.07) is 7.34. The van der Waals surface area contributed by atoms with Gasteiger partial charge in [0.1, 0.15) is 18.4 Å². The third-order valence-electron chi connectivity index (χ3n) is 3.38. The largest absolute Gasteiger partial charge is 0.471 e. The molecule has 0 atom stereocenters. The van der Waals surface area contributed by atoms with E-state index in [0.717, 1.165) is 11.8 Å². The van der Waals surface area contributed by atoms with E-state index in [1.54, 1.807) is 6.07 Å². The average Bonchev–Trinajstić information content (AvgIpc) is 3.09. The van der Waals surface area contributed by atoms with E-state index in [1.165, 1.54) is 6.26 Å². The number of rotatable bonds is 3. The number of hydrogen-bond acceptors (Lipinski definition) is 3. The Kier molecular flexibility index (Phi) is 3.59. The minimum absolute atomic E-state index is 0.0719. The lowest BCUT2D eigenvalue weighted by Crippen LogP contribution is -2.30. The highest BCUT2D eigenvalue weighted by atomic mass is 19.4. The Balaban J connectivity index is 2.07. The number of alkyl halides is 3. The van der Waals surface area contributed by atoms with Crippen LogP contribution in [-0.4, -0.2) is 21.6 Å². The van der Waals surface area contributed by atoms with Crippen molar-refractivity contribution in [3.8, 4) is 11.4 Å². The summed E-state index contributed by atoms with van der Waals surface area (Å²) in [6.07, 6.45) is -2.66. The number of imidazole rings is 1. The lowest BCUT2D eigenvalue weighted by Gasteiger charge is -2.09. The number of halogens is 3. The van der Waals surface area contributed by atoms with Crippen molar-refractivity contribution in [1.29, 1.82) is 0 Å². The maximum absolute atomic E-state index is 12.4. The molecule has 2 aromatic heterocycles. The molecule has 0 aliphatic rings. The first-order chi connectivity index (χ1) is 10.9. The Morgan fingerprint density at radius 2 is 2.04 bits per heavy atom. The van der Waals surface area contributed by atoms with Gasteiger partial charge in [0.05, 0.1) is 22.3 Å². The van der Waals surface area contributed by atoms with Crippen molar-refractivity contribution in [2.45, 2.75) is 19.6 Å². The van der Waals surface area contributed by atoms with Gasteiger partial charge in [0.15, 0.2) is 0 Å². The number of carbonyl (C=O) groups excluding carboxylic acids is 1. The highest BCUT2D eigenvalue weighted by Crippen LogP contribution is 2.32. The van der Waals surface area contributed by atoms with E-state index in [0.29, 0.717) is 23.4 Å². The Morgan fingerprint density at radius 3 is 2.74 bits per heavy atom. The Bertz CT molecular complexity index is 864. The molecule has 0 bridgehead atoms. The van der Waals surface area contributed by atoms with Crippen LogP contribution in [0.25, 0.3) is 22.4 Å². The molecule has 1 N–H and O–H groups in total. The quantitative estimate of drug-likeness (QED) is 0.797. The van der Waals surface area contributed by atoms with E-state index in [2.05, 4.69) is 4.98 Å². The molecule has 0 saturated heterocycles. The van der Waals surface area contributed by atoms with Crippen molar-refractivity contribution in [3.63, 3.8) is 0 Å². The predicted molar refractivity (Wildman–Crippen MR) is 77.8 cm³/mol. The van der Waals surface area contributed by atoms with E-state index in [1.807, 2.05) is 35.0 Å². The van der Waals surface area contributed by atoms with Crippen molar-refractivity contribution in [3.05, 3.63) is 36.8 Å². The number of carbonyl (C=O) groups is 1. The topological polar surface area (TPSA) is 60.1 Å². The van der Waals surface area contributed by atoms with Crippen molar-refractivity contribution in [1.82, 2.24) is 9.55 Å². The highest BCUT2D eigenvalue weighted by Gasteiger charge is 2.39. The lowest BCUT2D eigenvalue weighted by atomic mass is 10.2. The summed E-state index contributed by atoms with van der Waals surface area (Å²) in [5.41, 5.74) is 1.77. The van der Waals surface area contributed by atoms with Crippen LogP contribution in [0.2, 0.25) is 0 Å². The van der Waals surface area contributed by atoms with Crippen LogP contribution in [0.4, 0.5) is 18.9 Å². The summed E-state index contributed by atoms with van der Waals surface area (Å²) in [7, 11) is 0. The first kappa shape index (κ1) is 15.1. The molecule has 23 heavy (non-hydrogen) atoms. The predicted octanol–water partition coefficient (Wildman–Crippen LogP) is 3.82. The summed E-state index contributed by atoms with van der Waals surface area (Å²) in [6.45, 7) is 2.46. The normalized spacial score (nSPS) is 11.8. The number of aromatic nitrogens is 2. The molecule has 0 aliphatic heterocycles. The van der Waals surface area contributed by atoms with E-state index >= 15 is 0 Å². The minimum atomic E-state index is -4.97. The molecule has 0 aliphatic carbocycles. The number of nitrogens with one attached hydrogen (secondary N) is 1. The zero-order valence-corrected chi connectivity index (χ0v) is 12.0. The molecule has 1 aromatic carbocycles. The number of para-hydroxylation sites is 2. The third kappa shape index (κ3) is 2.67. The molecular weight excluding hydrogens is 311 g/mol. The van der Waals surface area contributed by atoms with Crippen LogP contribution < -0.4 is 5.32 Å². The Hall–Kier alpha value is -2.77. The number of nitrogens with zero attached hydrogens (tertiary/aromatic N) is 2. The molecule has 3 rings (SSSR count). The number of fused-ring (bicyclic) bond motifs is 1. The van der Waals surface area contributed by atoms with Gasteiger partial charge in [0.25, 0.3) is 0 Å². The maximum atomic E-state index is 12.4. The fourth-order valence-electron chi connectivity index (χ4n) is 2.36. The smallest absolute Gasteiger partial charge is 0.470 e. The van der Waals surface area contributed by atoms with Gasteiger partial charge in [-0.25, -0.2) is 4.98 Å². The fraction of sp³-hybridized carbons (Fsp3) is 0.200. The molecule has 120 valence electrons. The lowest BCUT2D eigenvalue weighted by molar-refractivity contribution is -0.167. The van der Waals surface area contributed by atoms with Crippen LogP contribution in [0.15, 0.2) is 41.2 Å². The van der Waals surface area contributed by atoms with Crippen LogP contribution in [0.1, 0.15) is 6.92 Å². The summed E-state index contributed by atoms with van der Waals surface area (Å²) >= 11 is 0. The molecule has 2 heterocycles. The Morgan fingerprint density at radius 1 is 1.30 bits per heavy atom. The molecule has 5 nitrogen and oxygen atoms in total. The second-order valence-corrected chi connectivity index (χ2v) is 4.82.